The van der Waals surface area contributed by atoms with Crippen LogP contribution in [-0.4, -0.2) is 45.3 Å². The molecule has 0 saturated carbocycles. The van der Waals surface area contributed by atoms with Crippen LogP contribution in [-0.2, 0) is 16.0 Å². The Hall–Kier alpha value is -1.82. The summed E-state index contributed by atoms with van der Waals surface area (Å²) < 4.78 is 15.7. The minimum absolute atomic E-state index is 0.140. The summed E-state index contributed by atoms with van der Waals surface area (Å²) >= 11 is 1.71. The van der Waals surface area contributed by atoms with E-state index in [1.807, 2.05) is 18.2 Å². The van der Waals surface area contributed by atoms with Gasteiger partial charge in [0, 0.05) is 12.6 Å². The zero-order valence-corrected chi connectivity index (χ0v) is 15.0. The first kappa shape index (κ1) is 19.2. The SMILES string of the molecule is CCSC/C(=C\C(=O)NCCc1ccc(OC)c(OC)c1)OC. The zero-order valence-electron chi connectivity index (χ0n) is 14.2. The van der Waals surface area contributed by atoms with Crippen molar-refractivity contribution in [2.75, 3.05) is 39.4 Å². The van der Waals surface area contributed by atoms with Crippen molar-refractivity contribution in [3.05, 3.63) is 35.6 Å². The molecule has 0 radical (unpaired) electrons. The van der Waals surface area contributed by atoms with E-state index in [9.17, 15) is 4.79 Å². The van der Waals surface area contributed by atoms with Crippen molar-refractivity contribution in [3.8, 4) is 11.5 Å². The summed E-state index contributed by atoms with van der Waals surface area (Å²) in [5, 5.41) is 2.86. The lowest BCUT2D eigenvalue weighted by Crippen LogP contribution is -2.24. The number of amides is 1. The van der Waals surface area contributed by atoms with E-state index in [0.29, 0.717) is 36.0 Å². The maximum absolute atomic E-state index is 11.9. The number of hydrogen-bond donors (Lipinski definition) is 1. The third kappa shape index (κ3) is 6.86. The van der Waals surface area contributed by atoms with Gasteiger partial charge in [-0.15, -0.1) is 0 Å². The average molecular weight is 339 g/mol. The van der Waals surface area contributed by atoms with E-state index in [0.717, 1.165) is 11.3 Å². The highest BCUT2D eigenvalue weighted by Crippen LogP contribution is 2.27. The molecule has 0 aromatic heterocycles. The third-order valence-electron chi connectivity index (χ3n) is 3.16. The topological polar surface area (TPSA) is 56.8 Å². The molecule has 0 atom stereocenters. The van der Waals surface area contributed by atoms with Crippen molar-refractivity contribution < 1.29 is 19.0 Å². The summed E-state index contributed by atoms with van der Waals surface area (Å²) in [5.74, 6) is 3.62. The first-order chi connectivity index (χ1) is 11.1. The zero-order chi connectivity index (χ0) is 17.1. The summed E-state index contributed by atoms with van der Waals surface area (Å²) in [6.45, 7) is 2.61. The van der Waals surface area contributed by atoms with Crippen LogP contribution in [0.1, 0.15) is 12.5 Å². The molecule has 6 heteroatoms. The van der Waals surface area contributed by atoms with Crippen LogP contribution in [0.15, 0.2) is 30.0 Å². The van der Waals surface area contributed by atoms with Gasteiger partial charge in [-0.3, -0.25) is 4.79 Å². The molecule has 0 bridgehead atoms. The lowest BCUT2D eigenvalue weighted by atomic mass is 10.1. The molecule has 1 N–H and O–H groups in total. The smallest absolute Gasteiger partial charge is 0.247 e. The van der Waals surface area contributed by atoms with Gasteiger partial charge in [0.15, 0.2) is 11.5 Å². The van der Waals surface area contributed by atoms with Gasteiger partial charge < -0.3 is 19.5 Å². The second-order valence-electron chi connectivity index (χ2n) is 4.68. The molecular formula is C17H25NO4S. The molecular weight excluding hydrogens is 314 g/mol. The molecule has 0 saturated heterocycles. The number of thioether (sulfide) groups is 1. The van der Waals surface area contributed by atoms with Crippen LogP contribution in [0.3, 0.4) is 0 Å². The number of benzene rings is 1. The predicted molar refractivity (Wildman–Crippen MR) is 94.4 cm³/mol. The van der Waals surface area contributed by atoms with Gasteiger partial charge in [-0.25, -0.2) is 0 Å². The Morgan fingerprint density at radius 1 is 1.22 bits per heavy atom. The van der Waals surface area contributed by atoms with Gasteiger partial charge in [-0.1, -0.05) is 13.0 Å². The Kier molecular flexibility index (Phi) is 9.05. The second-order valence-corrected chi connectivity index (χ2v) is 5.96. The maximum atomic E-state index is 11.9. The van der Waals surface area contributed by atoms with Gasteiger partial charge in [0.05, 0.1) is 27.1 Å². The number of nitrogens with one attached hydrogen (secondary N) is 1. The molecule has 0 fully saturated rings. The summed E-state index contributed by atoms with van der Waals surface area (Å²) in [5.41, 5.74) is 1.07. The molecule has 1 amide bonds. The fraction of sp³-hybridized carbons (Fsp3) is 0.471. The normalized spacial score (nSPS) is 11.0. The van der Waals surface area contributed by atoms with Gasteiger partial charge in [-0.2, -0.15) is 11.8 Å². The van der Waals surface area contributed by atoms with Crippen LogP contribution in [0.4, 0.5) is 0 Å². The minimum atomic E-state index is -0.140. The summed E-state index contributed by atoms with van der Waals surface area (Å²) in [6.07, 6.45) is 2.23. The minimum Gasteiger partial charge on any atom is -0.500 e. The van der Waals surface area contributed by atoms with Crippen molar-refractivity contribution in [1.82, 2.24) is 5.32 Å². The number of carbonyl (C=O) groups is 1. The summed E-state index contributed by atoms with van der Waals surface area (Å²) in [6, 6.07) is 5.74. The molecule has 128 valence electrons. The Bertz CT molecular complexity index is 531. The van der Waals surface area contributed by atoms with Crippen LogP contribution < -0.4 is 14.8 Å². The molecule has 0 aliphatic rings. The fourth-order valence-corrected chi connectivity index (χ4v) is 2.53. The monoisotopic (exact) mass is 339 g/mol. The van der Waals surface area contributed by atoms with Crippen LogP contribution in [0.2, 0.25) is 0 Å². The molecule has 0 aliphatic heterocycles. The Morgan fingerprint density at radius 3 is 2.57 bits per heavy atom. The highest BCUT2D eigenvalue weighted by molar-refractivity contribution is 7.99. The van der Waals surface area contributed by atoms with E-state index in [1.54, 1.807) is 33.1 Å². The Labute approximate surface area is 142 Å². The Morgan fingerprint density at radius 2 is 1.96 bits per heavy atom. The molecule has 0 heterocycles. The molecule has 0 spiro atoms. The lowest BCUT2D eigenvalue weighted by Gasteiger charge is -2.10. The van der Waals surface area contributed by atoms with E-state index < -0.39 is 0 Å². The van der Waals surface area contributed by atoms with E-state index in [1.165, 1.54) is 6.08 Å². The van der Waals surface area contributed by atoms with E-state index >= 15 is 0 Å². The van der Waals surface area contributed by atoms with Crippen molar-refractivity contribution in [2.24, 2.45) is 0 Å². The average Bonchev–Trinajstić information content (AvgIpc) is 2.58. The summed E-state index contributed by atoms with van der Waals surface area (Å²) in [7, 11) is 4.79. The quantitative estimate of drug-likeness (QED) is 0.525. The number of hydrogen-bond acceptors (Lipinski definition) is 5. The largest absolute Gasteiger partial charge is 0.500 e. The molecule has 23 heavy (non-hydrogen) atoms. The van der Waals surface area contributed by atoms with Crippen LogP contribution in [0.25, 0.3) is 0 Å². The molecule has 0 aliphatic carbocycles. The summed E-state index contributed by atoms with van der Waals surface area (Å²) in [4.78, 5) is 11.9. The number of methoxy groups -OCH3 is 3. The number of rotatable bonds is 10. The number of ether oxygens (including phenoxy) is 3. The Balaban J connectivity index is 2.49. The van der Waals surface area contributed by atoms with Gasteiger partial charge in [0.25, 0.3) is 0 Å². The second kappa shape index (κ2) is 10.8. The van der Waals surface area contributed by atoms with Gasteiger partial charge in [-0.05, 0) is 29.9 Å². The van der Waals surface area contributed by atoms with Crippen LogP contribution in [0, 0.1) is 0 Å². The van der Waals surface area contributed by atoms with E-state index in [4.69, 9.17) is 14.2 Å². The first-order valence-electron chi connectivity index (χ1n) is 7.45. The van der Waals surface area contributed by atoms with Crippen LogP contribution in [0.5, 0.6) is 11.5 Å². The predicted octanol–water partition coefficient (Wildman–Crippen LogP) is 2.65. The van der Waals surface area contributed by atoms with Crippen molar-refractivity contribution in [1.29, 1.82) is 0 Å². The molecule has 1 rings (SSSR count). The van der Waals surface area contributed by atoms with Gasteiger partial charge >= 0.3 is 0 Å². The van der Waals surface area contributed by atoms with Gasteiger partial charge in [0.2, 0.25) is 5.91 Å². The number of carbonyl (C=O) groups excluding carboxylic acids is 1. The molecule has 1 aromatic carbocycles. The maximum Gasteiger partial charge on any atom is 0.247 e. The van der Waals surface area contributed by atoms with Crippen molar-refractivity contribution in [3.63, 3.8) is 0 Å². The van der Waals surface area contributed by atoms with Crippen molar-refractivity contribution in [2.45, 2.75) is 13.3 Å². The highest BCUT2D eigenvalue weighted by atomic mass is 32.2. The third-order valence-corrected chi connectivity index (χ3v) is 4.06. The standard InChI is InChI=1S/C17H25NO4S/c1-5-23-12-14(20-2)11-17(19)18-9-8-13-6-7-15(21-3)16(10-13)22-4/h6-7,10-11H,5,8-9,12H2,1-4H3,(H,18,19)/b14-11+. The van der Waals surface area contributed by atoms with Crippen LogP contribution >= 0.6 is 11.8 Å². The molecule has 0 unspecified atom stereocenters. The lowest BCUT2D eigenvalue weighted by molar-refractivity contribution is -0.116. The van der Waals surface area contributed by atoms with Crippen molar-refractivity contribution >= 4 is 17.7 Å². The fourth-order valence-electron chi connectivity index (χ4n) is 1.93. The van der Waals surface area contributed by atoms with E-state index in [2.05, 4.69) is 12.2 Å². The molecule has 5 nitrogen and oxygen atoms in total. The van der Waals surface area contributed by atoms with Gasteiger partial charge in [0.1, 0.15) is 5.76 Å². The van der Waals surface area contributed by atoms with E-state index in [-0.39, 0.29) is 5.91 Å². The first-order valence-corrected chi connectivity index (χ1v) is 8.61. The molecule has 1 aromatic rings. The highest BCUT2D eigenvalue weighted by Gasteiger charge is 2.06.